The molecule has 1 aromatic heterocycles. The quantitative estimate of drug-likeness (QED) is 0.896. The van der Waals surface area contributed by atoms with Gasteiger partial charge in [0.05, 0.1) is 17.9 Å². The minimum atomic E-state index is -0.901. The van der Waals surface area contributed by atoms with Crippen molar-refractivity contribution in [3.63, 3.8) is 0 Å². The maximum Gasteiger partial charge on any atom is 0.307 e. The second kappa shape index (κ2) is 4.67. The first kappa shape index (κ1) is 12.7. The molecule has 0 saturated heterocycles. The molecule has 0 unspecified atom stereocenters. The molecular weight excluding hydrogens is 258 g/mol. The van der Waals surface area contributed by atoms with Gasteiger partial charge in [0, 0.05) is 5.39 Å². The zero-order valence-corrected chi connectivity index (χ0v) is 11.0. The van der Waals surface area contributed by atoms with Crippen LogP contribution in [-0.4, -0.2) is 17.0 Å². The number of furan rings is 1. The van der Waals surface area contributed by atoms with Gasteiger partial charge in [0.25, 0.3) is 0 Å². The smallest absolute Gasteiger partial charge is 0.307 e. The zero-order chi connectivity index (χ0) is 14.3. The second-order valence-corrected chi connectivity index (χ2v) is 5.20. The van der Waals surface area contributed by atoms with Crippen LogP contribution in [0, 0.1) is 11.8 Å². The van der Waals surface area contributed by atoms with Crippen LogP contribution in [0.1, 0.15) is 25.1 Å². The van der Waals surface area contributed by atoms with E-state index in [1.807, 2.05) is 37.3 Å². The number of hydrogen-bond donors (Lipinski definition) is 2. The van der Waals surface area contributed by atoms with E-state index in [4.69, 9.17) is 9.52 Å². The van der Waals surface area contributed by atoms with Crippen molar-refractivity contribution < 1.29 is 19.1 Å². The maximum absolute atomic E-state index is 11.9. The van der Waals surface area contributed by atoms with Gasteiger partial charge in [0.2, 0.25) is 5.91 Å². The number of benzene rings is 1. The van der Waals surface area contributed by atoms with Crippen LogP contribution >= 0.6 is 0 Å². The third-order valence-corrected chi connectivity index (χ3v) is 3.67. The molecular formula is C15H15NO4. The first-order valence-corrected chi connectivity index (χ1v) is 6.58. The average molecular weight is 273 g/mol. The summed E-state index contributed by atoms with van der Waals surface area (Å²) >= 11 is 0. The van der Waals surface area contributed by atoms with E-state index < -0.39 is 17.8 Å². The molecule has 5 nitrogen and oxygen atoms in total. The van der Waals surface area contributed by atoms with Crippen molar-refractivity contribution >= 4 is 22.8 Å². The van der Waals surface area contributed by atoms with Crippen LogP contribution in [-0.2, 0) is 9.59 Å². The monoisotopic (exact) mass is 273 g/mol. The van der Waals surface area contributed by atoms with Gasteiger partial charge in [0.1, 0.15) is 11.3 Å². The third kappa shape index (κ3) is 2.27. The second-order valence-electron chi connectivity index (χ2n) is 5.20. The van der Waals surface area contributed by atoms with Crippen molar-refractivity contribution in [2.75, 3.05) is 0 Å². The molecule has 1 aliphatic carbocycles. The highest BCUT2D eigenvalue weighted by Gasteiger charge is 2.48. The van der Waals surface area contributed by atoms with Crippen molar-refractivity contribution in [3.8, 4) is 0 Å². The van der Waals surface area contributed by atoms with Gasteiger partial charge in [-0.3, -0.25) is 9.59 Å². The molecule has 0 bridgehead atoms. The summed E-state index contributed by atoms with van der Waals surface area (Å²) in [5.41, 5.74) is 0.776. The van der Waals surface area contributed by atoms with Gasteiger partial charge >= 0.3 is 5.97 Å². The number of carbonyl (C=O) groups is 2. The lowest BCUT2D eigenvalue weighted by atomic mass is 10.2. The van der Waals surface area contributed by atoms with Gasteiger partial charge in [0.15, 0.2) is 0 Å². The Morgan fingerprint density at radius 1 is 1.35 bits per heavy atom. The molecule has 1 amide bonds. The third-order valence-electron chi connectivity index (χ3n) is 3.67. The predicted octanol–water partition coefficient (Wildman–Crippen LogP) is 2.33. The Labute approximate surface area is 115 Å². The number of carboxylic acid groups (broad SMARTS) is 1. The lowest BCUT2D eigenvalue weighted by molar-refractivity contribution is -0.140. The van der Waals surface area contributed by atoms with E-state index in [-0.39, 0.29) is 11.9 Å². The highest BCUT2D eigenvalue weighted by molar-refractivity contribution is 5.89. The van der Waals surface area contributed by atoms with Crippen molar-refractivity contribution in [1.82, 2.24) is 5.32 Å². The zero-order valence-electron chi connectivity index (χ0n) is 11.0. The number of hydrogen-bond acceptors (Lipinski definition) is 3. The number of amides is 1. The summed E-state index contributed by atoms with van der Waals surface area (Å²) in [6.07, 6.45) is 0.425. The Hall–Kier alpha value is -2.30. The molecule has 1 heterocycles. The van der Waals surface area contributed by atoms with Gasteiger partial charge in [-0.05, 0) is 25.5 Å². The Morgan fingerprint density at radius 3 is 2.75 bits per heavy atom. The number of nitrogens with one attached hydrogen (secondary N) is 1. The van der Waals surface area contributed by atoms with Crippen LogP contribution in [0.15, 0.2) is 34.7 Å². The summed E-state index contributed by atoms with van der Waals surface area (Å²) in [7, 11) is 0. The lowest BCUT2D eigenvalue weighted by Crippen LogP contribution is -2.28. The molecule has 1 saturated carbocycles. The van der Waals surface area contributed by atoms with E-state index in [2.05, 4.69) is 5.32 Å². The van der Waals surface area contributed by atoms with Gasteiger partial charge in [-0.25, -0.2) is 0 Å². The molecule has 3 atom stereocenters. The van der Waals surface area contributed by atoms with Gasteiger partial charge in [-0.15, -0.1) is 0 Å². The summed E-state index contributed by atoms with van der Waals surface area (Å²) in [5, 5.41) is 12.6. The van der Waals surface area contributed by atoms with Crippen molar-refractivity contribution in [2.45, 2.75) is 19.4 Å². The lowest BCUT2D eigenvalue weighted by Gasteiger charge is -2.10. The number of carbonyl (C=O) groups excluding carboxylic acids is 1. The highest BCUT2D eigenvalue weighted by Crippen LogP contribution is 2.39. The Kier molecular flexibility index (Phi) is 2.97. The Bertz CT molecular complexity index is 642. The molecule has 2 N–H and O–H groups in total. The highest BCUT2D eigenvalue weighted by atomic mass is 16.4. The Balaban J connectivity index is 1.68. The van der Waals surface area contributed by atoms with Crippen molar-refractivity contribution in [1.29, 1.82) is 0 Å². The van der Waals surface area contributed by atoms with Crippen molar-refractivity contribution in [2.24, 2.45) is 11.8 Å². The maximum atomic E-state index is 11.9. The van der Waals surface area contributed by atoms with E-state index in [0.717, 1.165) is 11.0 Å². The van der Waals surface area contributed by atoms with E-state index in [1.165, 1.54) is 0 Å². The van der Waals surface area contributed by atoms with E-state index >= 15 is 0 Å². The standard InChI is InChI=1S/C15H15NO4/c1-8(16-14(17)10-7-11(10)15(18)19)13-6-9-4-2-3-5-12(9)20-13/h2-6,8,10-11H,7H2,1H3,(H,16,17)(H,18,19)/t8-,10+,11+/m0/s1. The number of para-hydroxylation sites is 1. The predicted molar refractivity (Wildman–Crippen MR) is 72.0 cm³/mol. The molecule has 0 spiro atoms. The first-order valence-electron chi connectivity index (χ1n) is 6.58. The molecule has 104 valence electrons. The number of rotatable bonds is 4. The van der Waals surface area contributed by atoms with Gasteiger partial charge < -0.3 is 14.8 Å². The fourth-order valence-electron chi connectivity index (χ4n) is 2.37. The summed E-state index contributed by atoms with van der Waals surface area (Å²) in [4.78, 5) is 22.7. The molecule has 5 heteroatoms. The molecule has 0 aliphatic heterocycles. The molecule has 1 fully saturated rings. The molecule has 0 radical (unpaired) electrons. The summed E-state index contributed by atoms with van der Waals surface area (Å²) in [6.45, 7) is 1.83. The fourth-order valence-corrected chi connectivity index (χ4v) is 2.37. The minimum absolute atomic E-state index is 0.217. The molecule has 1 aromatic carbocycles. The average Bonchev–Trinajstić information content (AvgIpc) is 3.11. The SMILES string of the molecule is C[C@H](NC(=O)[C@@H]1C[C@H]1C(=O)O)c1cc2ccccc2o1. The topological polar surface area (TPSA) is 79.5 Å². The Morgan fingerprint density at radius 2 is 2.10 bits per heavy atom. The molecule has 1 aliphatic rings. The number of carboxylic acids is 1. The summed E-state index contributed by atoms with van der Waals surface area (Å²) in [5.74, 6) is -1.38. The van der Waals surface area contributed by atoms with E-state index in [0.29, 0.717) is 12.2 Å². The minimum Gasteiger partial charge on any atom is -0.481 e. The molecule has 20 heavy (non-hydrogen) atoms. The largest absolute Gasteiger partial charge is 0.481 e. The van der Waals surface area contributed by atoms with Gasteiger partial charge in [-0.2, -0.15) is 0 Å². The fraction of sp³-hybridized carbons (Fsp3) is 0.333. The van der Waals surface area contributed by atoms with Crippen LogP contribution in [0.4, 0.5) is 0 Å². The van der Waals surface area contributed by atoms with Crippen LogP contribution in [0.2, 0.25) is 0 Å². The van der Waals surface area contributed by atoms with E-state index in [9.17, 15) is 9.59 Å². The molecule has 2 aromatic rings. The molecule has 3 rings (SSSR count). The van der Waals surface area contributed by atoms with Crippen LogP contribution < -0.4 is 5.32 Å². The summed E-state index contributed by atoms with van der Waals surface area (Å²) < 4.78 is 5.67. The number of aliphatic carboxylic acids is 1. The van der Waals surface area contributed by atoms with Gasteiger partial charge in [-0.1, -0.05) is 18.2 Å². The van der Waals surface area contributed by atoms with Crippen LogP contribution in [0.25, 0.3) is 11.0 Å². The van der Waals surface area contributed by atoms with Crippen LogP contribution in [0.3, 0.4) is 0 Å². The van der Waals surface area contributed by atoms with E-state index in [1.54, 1.807) is 0 Å². The first-order chi connectivity index (χ1) is 9.56. The summed E-state index contributed by atoms with van der Waals surface area (Å²) in [6, 6.07) is 9.24. The normalized spacial score (nSPS) is 22.4. The van der Waals surface area contributed by atoms with Crippen molar-refractivity contribution in [3.05, 3.63) is 36.1 Å². The number of fused-ring (bicyclic) bond motifs is 1. The van der Waals surface area contributed by atoms with Crippen LogP contribution in [0.5, 0.6) is 0 Å².